The number of amides is 1. The number of para-hydroxylation sites is 1. The quantitative estimate of drug-likeness (QED) is 0.288. The maximum Gasteiger partial charge on any atom is 0.257 e. The van der Waals surface area contributed by atoms with E-state index in [2.05, 4.69) is 32.2 Å². The molecule has 3 aromatic heterocycles. The fraction of sp³-hybridized carbons (Fsp3) is 0.321. The Labute approximate surface area is 218 Å². The second kappa shape index (κ2) is 9.39. The molecule has 35 heavy (non-hydrogen) atoms. The largest absolute Gasteiger partial charge is 0.312 e. The Kier molecular flexibility index (Phi) is 6.43. The third kappa shape index (κ3) is 4.49. The van der Waals surface area contributed by atoms with Crippen molar-refractivity contribution in [2.45, 2.75) is 46.5 Å². The van der Waals surface area contributed by atoms with Gasteiger partial charge in [0, 0.05) is 10.3 Å². The molecule has 4 nitrogen and oxygen atoms in total. The fourth-order valence-corrected chi connectivity index (χ4v) is 7.14. The molecule has 0 spiro atoms. The Morgan fingerprint density at radius 2 is 2.06 bits per heavy atom. The van der Waals surface area contributed by atoms with Crippen molar-refractivity contribution in [2.75, 3.05) is 5.32 Å². The molecule has 4 aromatic rings. The smallest absolute Gasteiger partial charge is 0.257 e. The van der Waals surface area contributed by atoms with E-state index in [4.69, 9.17) is 16.6 Å². The van der Waals surface area contributed by atoms with E-state index >= 15 is 0 Å². The number of thiophene rings is 2. The number of nitrogens with zero attached hydrogens (tertiary/aromatic N) is 2. The highest BCUT2D eigenvalue weighted by Crippen LogP contribution is 2.45. The van der Waals surface area contributed by atoms with Crippen molar-refractivity contribution in [1.82, 2.24) is 4.98 Å². The first kappa shape index (κ1) is 24.0. The monoisotopic (exact) mass is 519 g/mol. The van der Waals surface area contributed by atoms with Crippen LogP contribution in [0.3, 0.4) is 0 Å². The van der Waals surface area contributed by atoms with Crippen LogP contribution in [0.2, 0.25) is 4.34 Å². The first-order valence-electron chi connectivity index (χ1n) is 11.8. The molecule has 3 heterocycles. The minimum Gasteiger partial charge on any atom is -0.312 e. The van der Waals surface area contributed by atoms with Crippen LogP contribution >= 0.6 is 34.3 Å². The lowest BCUT2D eigenvalue weighted by Crippen LogP contribution is -2.28. The molecule has 5 rings (SSSR count). The molecule has 7 heteroatoms. The normalized spacial score (nSPS) is 15.6. The van der Waals surface area contributed by atoms with Crippen LogP contribution in [0.25, 0.3) is 21.5 Å². The predicted molar refractivity (Wildman–Crippen MR) is 147 cm³/mol. The van der Waals surface area contributed by atoms with Gasteiger partial charge in [0.05, 0.1) is 31.6 Å². The van der Waals surface area contributed by atoms with E-state index in [1.54, 1.807) is 11.3 Å². The molecule has 1 amide bonds. The molecule has 0 radical (unpaired) electrons. The molecule has 0 fully saturated rings. The molecule has 1 atom stereocenters. The number of pyridine rings is 1. The molecule has 1 aliphatic carbocycles. The van der Waals surface area contributed by atoms with Gasteiger partial charge in [-0.1, -0.05) is 57.0 Å². The lowest BCUT2D eigenvalue weighted by Gasteiger charge is -2.36. The number of fused-ring (bicyclic) bond motifs is 2. The van der Waals surface area contributed by atoms with Crippen LogP contribution in [0.4, 0.5) is 5.00 Å². The average molecular weight is 520 g/mol. The third-order valence-electron chi connectivity index (χ3n) is 7.41. The summed E-state index contributed by atoms with van der Waals surface area (Å²) in [5.41, 5.74) is 3.99. The van der Waals surface area contributed by atoms with Gasteiger partial charge in [-0.2, -0.15) is 5.26 Å². The molecule has 1 unspecified atom stereocenters. The Balaban J connectivity index is 1.51. The standard InChI is InChI=1S/C28H26ClN3OS2/c1-4-28(2,3)16-9-10-18-20(15-30)27(35-24(18)13-16)32-26(33)19-14-22(23-11-12-25(29)34-23)31-21-8-6-5-7-17(19)21/h5-8,11-12,14,16H,4,9-10,13H2,1-3H3,(H,32,33). The number of hydrogen-bond acceptors (Lipinski definition) is 5. The summed E-state index contributed by atoms with van der Waals surface area (Å²) in [6.45, 7) is 6.90. The van der Waals surface area contributed by atoms with Gasteiger partial charge in [0.15, 0.2) is 0 Å². The molecule has 0 aliphatic heterocycles. The van der Waals surface area contributed by atoms with Crippen molar-refractivity contribution in [3.05, 3.63) is 68.4 Å². The van der Waals surface area contributed by atoms with Crippen molar-refractivity contribution in [2.24, 2.45) is 11.3 Å². The fourth-order valence-electron chi connectivity index (χ4n) is 4.86. The summed E-state index contributed by atoms with van der Waals surface area (Å²) in [4.78, 5) is 20.5. The van der Waals surface area contributed by atoms with Gasteiger partial charge in [-0.3, -0.25) is 4.79 Å². The number of hydrogen-bond donors (Lipinski definition) is 1. The minimum absolute atomic E-state index is 0.229. The summed E-state index contributed by atoms with van der Waals surface area (Å²) >= 11 is 9.15. The van der Waals surface area contributed by atoms with E-state index in [-0.39, 0.29) is 11.3 Å². The molecular weight excluding hydrogens is 494 g/mol. The molecule has 1 aromatic carbocycles. The van der Waals surface area contributed by atoms with Gasteiger partial charge in [-0.15, -0.1) is 22.7 Å². The first-order valence-corrected chi connectivity index (χ1v) is 13.8. The van der Waals surface area contributed by atoms with E-state index in [1.165, 1.54) is 16.2 Å². The summed E-state index contributed by atoms with van der Waals surface area (Å²) in [6, 6.07) is 15.6. The predicted octanol–water partition coefficient (Wildman–Crippen LogP) is 8.34. The van der Waals surface area contributed by atoms with Crippen molar-refractivity contribution in [1.29, 1.82) is 5.26 Å². The molecule has 1 aliphatic rings. The van der Waals surface area contributed by atoms with Gasteiger partial charge in [0.2, 0.25) is 0 Å². The lowest BCUT2D eigenvalue weighted by molar-refractivity contribution is 0.102. The van der Waals surface area contributed by atoms with Gasteiger partial charge in [0.25, 0.3) is 5.91 Å². The Morgan fingerprint density at radius 3 is 2.77 bits per heavy atom. The van der Waals surface area contributed by atoms with Crippen LogP contribution in [0.5, 0.6) is 0 Å². The zero-order valence-electron chi connectivity index (χ0n) is 19.9. The molecule has 0 saturated carbocycles. The van der Waals surface area contributed by atoms with Crippen LogP contribution < -0.4 is 5.32 Å². The van der Waals surface area contributed by atoms with Crippen LogP contribution in [0, 0.1) is 22.7 Å². The summed E-state index contributed by atoms with van der Waals surface area (Å²) < 4.78 is 0.674. The maximum absolute atomic E-state index is 13.6. The number of halogens is 1. The van der Waals surface area contributed by atoms with Gasteiger partial charge in [-0.25, -0.2) is 4.98 Å². The summed E-state index contributed by atoms with van der Waals surface area (Å²) in [5.74, 6) is 0.353. The van der Waals surface area contributed by atoms with E-state index in [1.807, 2.05) is 42.5 Å². The highest BCUT2D eigenvalue weighted by Gasteiger charge is 2.34. The van der Waals surface area contributed by atoms with Crippen molar-refractivity contribution >= 4 is 56.1 Å². The zero-order valence-corrected chi connectivity index (χ0v) is 22.3. The minimum atomic E-state index is -0.229. The molecule has 178 valence electrons. The zero-order chi connectivity index (χ0) is 24.7. The van der Waals surface area contributed by atoms with Crippen molar-refractivity contribution in [3.63, 3.8) is 0 Å². The second-order valence-electron chi connectivity index (χ2n) is 9.73. The van der Waals surface area contributed by atoms with Crippen molar-refractivity contribution in [3.8, 4) is 16.6 Å². The van der Waals surface area contributed by atoms with Crippen molar-refractivity contribution < 1.29 is 4.79 Å². The molecule has 0 saturated heterocycles. The number of nitriles is 1. The molecule has 0 bridgehead atoms. The number of carbonyl (C=O) groups is 1. The van der Waals surface area contributed by atoms with E-state index < -0.39 is 0 Å². The third-order valence-corrected chi connectivity index (χ3v) is 9.83. The second-order valence-corrected chi connectivity index (χ2v) is 12.6. The Bertz CT molecular complexity index is 1480. The van der Waals surface area contributed by atoms with Crippen LogP contribution in [-0.2, 0) is 12.8 Å². The van der Waals surface area contributed by atoms with Gasteiger partial charge in [0.1, 0.15) is 11.1 Å². The van der Waals surface area contributed by atoms with E-state index in [9.17, 15) is 10.1 Å². The number of rotatable bonds is 5. The Hall–Kier alpha value is -2.72. The van der Waals surface area contributed by atoms with Crippen LogP contribution in [-0.4, -0.2) is 10.9 Å². The Morgan fingerprint density at radius 1 is 1.26 bits per heavy atom. The SMILES string of the molecule is CCC(C)(C)C1CCc2c(sc(NC(=O)c3cc(-c4ccc(Cl)s4)nc4ccccc34)c2C#N)C1. The van der Waals surface area contributed by atoms with Gasteiger partial charge in [-0.05, 0) is 60.4 Å². The number of nitrogens with one attached hydrogen (secondary N) is 1. The van der Waals surface area contributed by atoms with Crippen LogP contribution in [0.1, 0.15) is 60.0 Å². The average Bonchev–Trinajstić information content (AvgIpc) is 3.45. The summed E-state index contributed by atoms with van der Waals surface area (Å²) in [7, 11) is 0. The highest BCUT2D eigenvalue weighted by atomic mass is 35.5. The molecule has 1 N–H and O–H groups in total. The van der Waals surface area contributed by atoms with Crippen LogP contribution in [0.15, 0.2) is 42.5 Å². The maximum atomic E-state index is 13.6. The summed E-state index contributed by atoms with van der Waals surface area (Å²) in [6.07, 6.45) is 4.06. The number of aromatic nitrogens is 1. The highest BCUT2D eigenvalue weighted by molar-refractivity contribution is 7.19. The first-order chi connectivity index (χ1) is 16.8. The molecular formula is C28H26ClN3OS2. The topological polar surface area (TPSA) is 65.8 Å². The summed E-state index contributed by atoms with van der Waals surface area (Å²) in [5, 5.41) is 14.5. The lowest BCUT2D eigenvalue weighted by atomic mass is 9.69. The number of carbonyl (C=O) groups excluding carboxylic acids is 1. The number of anilines is 1. The van der Waals surface area contributed by atoms with Gasteiger partial charge < -0.3 is 5.32 Å². The van der Waals surface area contributed by atoms with E-state index in [0.717, 1.165) is 47.0 Å². The van der Waals surface area contributed by atoms with Gasteiger partial charge >= 0.3 is 0 Å². The number of benzene rings is 1. The van der Waals surface area contributed by atoms with E-state index in [0.29, 0.717) is 32.1 Å².